The number of benzene rings is 1. The highest BCUT2D eigenvalue weighted by Crippen LogP contribution is 2.25. The van der Waals surface area contributed by atoms with E-state index in [1.54, 1.807) is 0 Å². The zero-order chi connectivity index (χ0) is 12.1. The van der Waals surface area contributed by atoms with Crippen LogP contribution in [-0.2, 0) is 11.2 Å². The molecule has 0 unspecified atom stereocenters. The topological polar surface area (TPSA) is 45.0 Å². The fraction of sp³-hybridized carbons (Fsp3) is 0.462. The maximum absolute atomic E-state index is 9.01. The summed E-state index contributed by atoms with van der Waals surface area (Å²) in [6.45, 7) is 2.73. The van der Waals surface area contributed by atoms with E-state index >= 15 is 0 Å². The van der Waals surface area contributed by atoms with Crippen molar-refractivity contribution in [1.29, 1.82) is 5.26 Å². The first-order valence-electron chi connectivity index (χ1n) is 5.68. The molecule has 1 aliphatic rings. The lowest BCUT2D eigenvalue weighted by Crippen LogP contribution is -2.48. The molecule has 0 radical (unpaired) electrons. The van der Waals surface area contributed by atoms with Crippen molar-refractivity contribution in [2.45, 2.75) is 6.42 Å². The number of halogens is 1. The molecule has 0 amide bonds. The first-order chi connectivity index (χ1) is 8.24. The van der Waals surface area contributed by atoms with Gasteiger partial charge in [0, 0.05) is 11.0 Å². The van der Waals surface area contributed by atoms with Gasteiger partial charge in [0.05, 0.1) is 19.3 Å². The molecule has 1 saturated heterocycles. The maximum Gasteiger partial charge on any atom is 0.116 e. The van der Waals surface area contributed by atoms with Crippen molar-refractivity contribution < 1.29 is 4.74 Å². The second-order valence-electron chi connectivity index (χ2n) is 4.44. The lowest BCUT2D eigenvalue weighted by atomic mass is 9.88. The van der Waals surface area contributed by atoms with Gasteiger partial charge in [0.1, 0.15) is 5.41 Å². The van der Waals surface area contributed by atoms with Crippen LogP contribution in [0.4, 0.5) is 0 Å². The van der Waals surface area contributed by atoms with Gasteiger partial charge in [-0.2, -0.15) is 5.26 Å². The summed E-state index contributed by atoms with van der Waals surface area (Å²) >= 11 is 3.45. The molecule has 1 N–H and O–H groups in total. The third kappa shape index (κ3) is 3.29. The van der Waals surface area contributed by atoms with Gasteiger partial charge in [0.25, 0.3) is 0 Å². The van der Waals surface area contributed by atoms with Gasteiger partial charge in [-0.25, -0.2) is 0 Å². The highest BCUT2D eigenvalue weighted by atomic mass is 79.9. The van der Waals surface area contributed by atoms with Crippen LogP contribution < -0.4 is 5.32 Å². The van der Waals surface area contributed by atoms with Gasteiger partial charge < -0.3 is 10.1 Å². The molecule has 1 aliphatic heterocycles. The molecule has 0 aromatic heterocycles. The zero-order valence-electron chi connectivity index (χ0n) is 9.58. The predicted octanol–water partition coefficient (Wildman–Crippen LogP) is 2.12. The summed E-state index contributed by atoms with van der Waals surface area (Å²) in [6, 6.07) is 10.6. The number of hydrogen-bond acceptors (Lipinski definition) is 3. The molecule has 0 bridgehead atoms. The van der Waals surface area contributed by atoms with E-state index in [0.717, 1.165) is 24.0 Å². The molecule has 4 heteroatoms. The molecule has 1 heterocycles. The van der Waals surface area contributed by atoms with Crippen LogP contribution in [0.2, 0.25) is 0 Å². The van der Waals surface area contributed by atoms with Crippen LogP contribution in [0.15, 0.2) is 28.7 Å². The summed E-state index contributed by atoms with van der Waals surface area (Å²) in [5.41, 5.74) is 1.01. The molecule has 0 atom stereocenters. The zero-order valence-corrected chi connectivity index (χ0v) is 11.2. The molecule has 1 fully saturated rings. The first-order valence-corrected chi connectivity index (χ1v) is 6.48. The summed E-state index contributed by atoms with van der Waals surface area (Å²) in [6.07, 6.45) is 0.974. The smallest absolute Gasteiger partial charge is 0.116 e. The molecule has 1 aromatic carbocycles. The van der Waals surface area contributed by atoms with Gasteiger partial charge in [-0.3, -0.25) is 0 Å². The predicted molar refractivity (Wildman–Crippen MR) is 69.6 cm³/mol. The fourth-order valence-corrected chi connectivity index (χ4v) is 2.25. The van der Waals surface area contributed by atoms with E-state index < -0.39 is 0 Å². The second-order valence-corrected chi connectivity index (χ2v) is 5.36. The van der Waals surface area contributed by atoms with E-state index in [2.05, 4.69) is 39.4 Å². The van der Waals surface area contributed by atoms with E-state index in [9.17, 15) is 0 Å². The minimum absolute atomic E-state index is 0.280. The van der Waals surface area contributed by atoms with Crippen LogP contribution in [0.25, 0.3) is 0 Å². The van der Waals surface area contributed by atoms with Crippen LogP contribution in [0.3, 0.4) is 0 Å². The Labute approximate surface area is 110 Å². The van der Waals surface area contributed by atoms with E-state index in [4.69, 9.17) is 10.00 Å². The van der Waals surface area contributed by atoms with Gasteiger partial charge in [0.2, 0.25) is 0 Å². The number of ether oxygens (including phenoxy) is 1. The van der Waals surface area contributed by atoms with Crippen molar-refractivity contribution in [3.8, 4) is 6.07 Å². The maximum atomic E-state index is 9.01. The summed E-state index contributed by atoms with van der Waals surface area (Å²) in [5.74, 6) is 0. The molecular formula is C13H15BrN2O. The number of rotatable bonds is 5. The summed E-state index contributed by atoms with van der Waals surface area (Å²) in [5, 5.41) is 12.3. The van der Waals surface area contributed by atoms with Crippen molar-refractivity contribution >= 4 is 15.9 Å². The Morgan fingerprint density at radius 2 is 2.29 bits per heavy atom. The van der Waals surface area contributed by atoms with Gasteiger partial charge >= 0.3 is 0 Å². The Balaban J connectivity index is 1.72. The van der Waals surface area contributed by atoms with Gasteiger partial charge in [-0.05, 0) is 30.7 Å². The summed E-state index contributed by atoms with van der Waals surface area (Å²) in [7, 11) is 0. The average molecular weight is 295 g/mol. The minimum Gasteiger partial charge on any atom is -0.378 e. The SMILES string of the molecule is N#CC1(CNCCc2cccc(Br)c2)COC1. The highest BCUT2D eigenvalue weighted by Gasteiger charge is 2.38. The molecule has 90 valence electrons. The van der Waals surface area contributed by atoms with Crippen LogP contribution in [0.5, 0.6) is 0 Å². The molecule has 0 spiro atoms. The van der Waals surface area contributed by atoms with Crippen LogP contribution in [-0.4, -0.2) is 26.3 Å². The van der Waals surface area contributed by atoms with Crippen molar-refractivity contribution in [2.75, 3.05) is 26.3 Å². The minimum atomic E-state index is -0.280. The van der Waals surface area contributed by atoms with Crippen LogP contribution in [0, 0.1) is 16.7 Å². The highest BCUT2D eigenvalue weighted by molar-refractivity contribution is 9.10. The summed E-state index contributed by atoms with van der Waals surface area (Å²) < 4.78 is 6.20. The first kappa shape index (κ1) is 12.6. The normalized spacial score (nSPS) is 17.2. The number of hydrogen-bond donors (Lipinski definition) is 1. The van der Waals surface area contributed by atoms with Crippen molar-refractivity contribution in [2.24, 2.45) is 5.41 Å². The largest absolute Gasteiger partial charge is 0.378 e. The molecular weight excluding hydrogens is 280 g/mol. The lowest BCUT2D eigenvalue weighted by Gasteiger charge is -2.35. The molecule has 17 heavy (non-hydrogen) atoms. The Kier molecular flexibility index (Phi) is 4.16. The van der Waals surface area contributed by atoms with Gasteiger partial charge in [0.15, 0.2) is 0 Å². The van der Waals surface area contributed by atoms with E-state index in [-0.39, 0.29) is 5.41 Å². The van der Waals surface area contributed by atoms with E-state index in [1.807, 2.05) is 12.1 Å². The number of nitrogens with one attached hydrogen (secondary N) is 1. The summed E-state index contributed by atoms with van der Waals surface area (Å²) in [4.78, 5) is 0. The molecule has 3 nitrogen and oxygen atoms in total. The van der Waals surface area contributed by atoms with Crippen LogP contribution in [0.1, 0.15) is 5.56 Å². The average Bonchev–Trinajstić information content (AvgIpc) is 2.27. The molecule has 1 aromatic rings. The third-order valence-corrected chi connectivity index (χ3v) is 3.43. The molecule has 0 saturated carbocycles. The van der Waals surface area contributed by atoms with E-state index in [1.165, 1.54) is 5.56 Å². The van der Waals surface area contributed by atoms with E-state index in [0.29, 0.717) is 13.2 Å². The van der Waals surface area contributed by atoms with Crippen molar-refractivity contribution in [1.82, 2.24) is 5.32 Å². The fourth-order valence-electron chi connectivity index (χ4n) is 1.81. The Morgan fingerprint density at radius 3 is 2.88 bits per heavy atom. The lowest BCUT2D eigenvalue weighted by molar-refractivity contribution is -0.0752. The monoisotopic (exact) mass is 294 g/mol. The van der Waals surface area contributed by atoms with Crippen LogP contribution >= 0.6 is 15.9 Å². The number of nitriles is 1. The Bertz CT molecular complexity index is 424. The standard InChI is InChI=1S/C13H15BrN2O/c14-12-3-1-2-11(6-12)4-5-16-8-13(7-15)9-17-10-13/h1-3,6,16H,4-5,8-10H2. The van der Waals surface area contributed by atoms with Crippen molar-refractivity contribution in [3.05, 3.63) is 34.3 Å². The van der Waals surface area contributed by atoms with Crippen molar-refractivity contribution in [3.63, 3.8) is 0 Å². The molecule has 2 rings (SSSR count). The van der Waals surface area contributed by atoms with Gasteiger partial charge in [-0.15, -0.1) is 0 Å². The third-order valence-electron chi connectivity index (χ3n) is 2.94. The van der Waals surface area contributed by atoms with Gasteiger partial charge in [-0.1, -0.05) is 28.1 Å². The Morgan fingerprint density at radius 1 is 1.47 bits per heavy atom. The quantitative estimate of drug-likeness (QED) is 0.846. The Hall–Kier alpha value is -0.890. The molecule has 0 aliphatic carbocycles. The number of nitrogens with zero attached hydrogens (tertiary/aromatic N) is 1. The second kappa shape index (κ2) is 5.63.